The van der Waals surface area contributed by atoms with Crippen LogP contribution < -0.4 is 4.74 Å². The lowest BCUT2D eigenvalue weighted by Crippen LogP contribution is -1.99. The first kappa shape index (κ1) is 14.8. The predicted molar refractivity (Wildman–Crippen MR) is 85.4 cm³/mol. The van der Waals surface area contributed by atoms with Gasteiger partial charge >= 0.3 is 0 Å². The van der Waals surface area contributed by atoms with E-state index in [0.717, 1.165) is 20.4 Å². The highest BCUT2D eigenvalue weighted by Crippen LogP contribution is 2.33. The van der Waals surface area contributed by atoms with E-state index >= 15 is 0 Å². The van der Waals surface area contributed by atoms with Gasteiger partial charge in [0.2, 0.25) is 5.78 Å². The Hall–Kier alpha value is -0.650. The molecule has 0 amide bonds. The van der Waals surface area contributed by atoms with Crippen molar-refractivity contribution in [1.29, 1.82) is 0 Å². The smallest absolute Gasteiger partial charge is 0.203 e. The Bertz CT molecular complexity index is 556. The molecule has 0 bridgehead atoms. The molecule has 0 saturated carbocycles. The van der Waals surface area contributed by atoms with Gasteiger partial charge in [0.1, 0.15) is 5.75 Å². The quantitative estimate of drug-likeness (QED) is 0.633. The first-order valence-corrected chi connectivity index (χ1v) is 8.24. The van der Waals surface area contributed by atoms with Crippen molar-refractivity contribution in [2.24, 2.45) is 0 Å². The van der Waals surface area contributed by atoms with Crippen molar-refractivity contribution in [1.82, 2.24) is 0 Å². The first-order chi connectivity index (χ1) is 9.11. The Kier molecular flexibility index (Phi) is 5.19. The average Bonchev–Trinajstić information content (AvgIpc) is 2.76. The Balaban J connectivity index is 2.15. The molecule has 100 valence electrons. The monoisotopic (exact) mass is 402 g/mol. The van der Waals surface area contributed by atoms with Crippen LogP contribution in [0.15, 0.2) is 38.6 Å². The normalized spacial score (nSPS) is 10.5. The van der Waals surface area contributed by atoms with E-state index in [1.807, 2.05) is 18.2 Å². The number of carbonyl (C=O) groups is 1. The maximum Gasteiger partial charge on any atom is 0.203 e. The summed E-state index contributed by atoms with van der Waals surface area (Å²) in [6, 6.07) is 9.10. The maximum absolute atomic E-state index is 12.3. The van der Waals surface area contributed by atoms with Crippen molar-refractivity contribution in [3.8, 4) is 5.75 Å². The van der Waals surface area contributed by atoms with Gasteiger partial charge in [-0.25, -0.2) is 0 Å². The molecule has 0 N–H and O–H groups in total. The van der Waals surface area contributed by atoms with Crippen LogP contribution in [0.25, 0.3) is 0 Å². The minimum absolute atomic E-state index is 0.0263. The Morgan fingerprint density at radius 2 is 1.95 bits per heavy atom. The molecular formula is C14H12Br2O2S. The van der Waals surface area contributed by atoms with Crippen LogP contribution in [0, 0.1) is 0 Å². The number of thiophene rings is 1. The second-order valence-corrected chi connectivity index (χ2v) is 7.16. The molecule has 0 aliphatic heterocycles. The summed E-state index contributed by atoms with van der Waals surface area (Å²) < 4.78 is 7.33. The van der Waals surface area contributed by atoms with Crippen molar-refractivity contribution < 1.29 is 9.53 Å². The molecule has 19 heavy (non-hydrogen) atoms. The molecule has 1 aromatic carbocycles. The topological polar surface area (TPSA) is 26.3 Å². The molecule has 0 spiro atoms. The fourth-order valence-electron chi connectivity index (χ4n) is 1.52. The highest BCUT2D eigenvalue weighted by Gasteiger charge is 2.14. The van der Waals surface area contributed by atoms with Crippen molar-refractivity contribution >= 4 is 49.0 Å². The van der Waals surface area contributed by atoms with E-state index in [1.165, 1.54) is 11.3 Å². The number of rotatable bonds is 5. The minimum atomic E-state index is 0.0263. The average molecular weight is 404 g/mol. The summed E-state index contributed by atoms with van der Waals surface area (Å²) in [4.78, 5) is 13.0. The Morgan fingerprint density at radius 3 is 2.47 bits per heavy atom. The number of ketones is 1. The molecule has 0 radical (unpaired) electrons. The second kappa shape index (κ2) is 6.68. The molecule has 2 nitrogen and oxygen atoms in total. The van der Waals surface area contributed by atoms with E-state index in [-0.39, 0.29) is 5.78 Å². The third-order valence-electron chi connectivity index (χ3n) is 2.46. The van der Waals surface area contributed by atoms with Gasteiger partial charge in [-0.05, 0) is 68.6 Å². The molecule has 0 aliphatic rings. The number of hydrogen-bond acceptors (Lipinski definition) is 3. The highest BCUT2D eigenvalue weighted by atomic mass is 79.9. The van der Waals surface area contributed by atoms with Crippen LogP contribution in [0.4, 0.5) is 0 Å². The lowest BCUT2D eigenvalue weighted by Gasteiger charge is -2.04. The van der Waals surface area contributed by atoms with E-state index in [2.05, 4.69) is 38.8 Å². The summed E-state index contributed by atoms with van der Waals surface area (Å²) in [6.07, 6.45) is 0.970. The molecule has 0 saturated heterocycles. The molecule has 0 aliphatic carbocycles. The largest absolute Gasteiger partial charge is 0.494 e. The minimum Gasteiger partial charge on any atom is -0.494 e. The number of carbonyl (C=O) groups excluding carboxylic acids is 1. The summed E-state index contributed by atoms with van der Waals surface area (Å²) in [7, 11) is 0. The summed E-state index contributed by atoms with van der Waals surface area (Å²) in [5.74, 6) is 0.824. The van der Waals surface area contributed by atoms with Crippen LogP contribution in [-0.2, 0) is 0 Å². The third-order valence-corrected chi connectivity index (χ3v) is 5.71. The van der Waals surface area contributed by atoms with Gasteiger partial charge in [0.15, 0.2) is 0 Å². The second-order valence-electron chi connectivity index (χ2n) is 3.93. The molecule has 2 aromatic rings. The molecule has 0 atom stereocenters. The van der Waals surface area contributed by atoms with Gasteiger partial charge in [0.25, 0.3) is 0 Å². The molecule has 5 heteroatoms. The van der Waals surface area contributed by atoms with E-state index in [4.69, 9.17) is 4.74 Å². The predicted octanol–water partition coefficient (Wildman–Crippen LogP) is 5.29. The number of benzene rings is 1. The van der Waals surface area contributed by atoms with Gasteiger partial charge in [0.05, 0.1) is 15.3 Å². The van der Waals surface area contributed by atoms with Crippen LogP contribution in [0.3, 0.4) is 0 Å². The van der Waals surface area contributed by atoms with Crippen LogP contribution in [-0.4, -0.2) is 12.4 Å². The van der Waals surface area contributed by atoms with Crippen LogP contribution in [0.1, 0.15) is 28.6 Å². The van der Waals surface area contributed by atoms with Crippen molar-refractivity contribution in [3.63, 3.8) is 0 Å². The Morgan fingerprint density at radius 1 is 1.26 bits per heavy atom. The van der Waals surface area contributed by atoms with Gasteiger partial charge < -0.3 is 4.74 Å². The third kappa shape index (κ3) is 3.68. The number of hydrogen-bond donors (Lipinski definition) is 0. The molecule has 1 aromatic heterocycles. The Labute approximate surface area is 133 Å². The molecule has 1 heterocycles. The fourth-order valence-corrected chi connectivity index (χ4v) is 3.52. The zero-order chi connectivity index (χ0) is 13.8. The zero-order valence-corrected chi connectivity index (χ0v) is 14.3. The molecular weight excluding hydrogens is 392 g/mol. The van der Waals surface area contributed by atoms with Gasteiger partial charge in [-0.1, -0.05) is 6.92 Å². The molecule has 2 rings (SSSR count). The van der Waals surface area contributed by atoms with Crippen LogP contribution in [0.2, 0.25) is 0 Å². The van der Waals surface area contributed by atoms with Gasteiger partial charge in [-0.15, -0.1) is 11.3 Å². The molecule has 0 fully saturated rings. The van der Waals surface area contributed by atoms with E-state index in [0.29, 0.717) is 17.0 Å². The summed E-state index contributed by atoms with van der Waals surface area (Å²) in [6.45, 7) is 2.75. The fraction of sp³-hybridized carbons (Fsp3) is 0.214. The van der Waals surface area contributed by atoms with E-state index < -0.39 is 0 Å². The van der Waals surface area contributed by atoms with Crippen LogP contribution in [0.5, 0.6) is 5.75 Å². The van der Waals surface area contributed by atoms with Crippen molar-refractivity contribution in [2.45, 2.75) is 13.3 Å². The summed E-state index contributed by atoms with van der Waals surface area (Å²) in [5, 5.41) is 0. The first-order valence-electron chi connectivity index (χ1n) is 5.84. The lowest BCUT2D eigenvalue weighted by atomic mass is 10.1. The maximum atomic E-state index is 12.3. The van der Waals surface area contributed by atoms with Crippen molar-refractivity contribution in [2.75, 3.05) is 6.61 Å². The summed E-state index contributed by atoms with van der Waals surface area (Å²) >= 11 is 8.21. The van der Waals surface area contributed by atoms with Gasteiger partial charge in [-0.3, -0.25) is 4.79 Å². The van der Waals surface area contributed by atoms with Crippen molar-refractivity contribution in [3.05, 3.63) is 49.0 Å². The molecule has 0 unspecified atom stereocenters. The number of halogens is 2. The number of ether oxygens (including phenoxy) is 1. The SMILES string of the molecule is CCCOc1ccc(C(=O)c2cc(Br)c(Br)s2)cc1. The van der Waals surface area contributed by atoms with E-state index in [1.54, 1.807) is 12.1 Å². The highest BCUT2D eigenvalue weighted by molar-refractivity contribution is 9.13. The van der Waals surface area contributed by atoms with Gasteiger partial charge in [0, 0.05) is 10.0 Å². The standard InChI is InChI=1S/C14H12Br2O2S/c1-2-7-18-10-5-3-9(4-6-10)13(17)12-8-11(15)14(16)19-12/h3-6,8H,2,7H2,1H3. The van der Waals surface area contributed by atoms with Gasteiger partial charge in [-0.2, -0.15) is 0 Å². The summed E-state index contributed by atoms with van der Waals surface area (Å²) in [5.41, 5.74) is 0.671. The van der Waals surface area contributed by atoms with Crippen LogP contribution >= 0.6 is 43.2 Å². The lowest BCUT2D eigenvalue weighted by molar-refractivity contribution is 0.104. The van der Waals surface area contributed by atoms with E-state index in [9.17, 15) is 4.79 Å². The zero-order valence-electron chi connectivity index (χ0n) is 10.3.